The van der Waals surface area contributed by atoms with Crippen LogP contribution < -0.4 is 24.0 Å². The minimum absolute atomic E-state index is 0.0193. The summed E-state index contributed by atoms with van der Waals surface area (Å²) in [5.74, 6) is 2.17. The van der Waals surface area contributed by atoms with E-state index < -0.39 is 4.92 Å². The maximum absolute atomic E-state index is 11.3. The molecule has 0 radical (unpaired) electrons. The van der Waals surface area contributed by atoms with E-state index in [0.717, 1.165) is 36.0 Å². The van der Waals surface area contributed by atoms with Crippen LogP contribution in [0.5, 0.6) is 17.2 Å². The fraction of sp³-hybridized carbons (Fsp3) is 0.231. The van der Waals surface area contributed by atoms with Crippen molar-refractivity contribution in [3.8, 4) is 17.2 Å². The molecule has 8 heteroatoms. The number of anilines is 2. The van der Waals surface area contributed by atoms with Gasteiger partial charge >= 0.3 is 0 Å². The maximum Gasteiger partial charge on any atom is 0.270 e. The van der Waals surface area contributed by atoms with Gasteiger partial charge in [0.15, 0.2) is 0 Å². The fourth-order valence-corrected chi connectivity index (χ4v) is 4.12. The molecule has 0 atom stereocenters. The first-order valence-electron chi connectivity index (χ1n) is 10.9. The number of nitrogens with zero attached hydrogens (tertiary/aromatic N) is 3. The van der Waals surface area contributed by atoms with Gasteiger partial charge in [-0.1, -0.05) is 6.08 Å². The summed E-state index contributed by atoms with van der Waals surface area (Å²) in [6.45, 7) is 1.61. The average molecular weight is 462 g/mol. The summed E-state index contributed by atoms with van der Waals surface area (Å²) in [7, 11) is 4.85. The molecule has 8 nitrogen and oxygen atoms in total. The van der Waals surface area contributed by atoms with Gasteiger partial charge in [-0.2, -0.15) is 0 Å². The third-order valence-electron chi connectivity index (χ3n) is 5.90. The molecule has 3 aromatic rings. The van der Waals surface area contributed by atoms with Gasteiger partial charge in [0.05, 0.1) is 26.3 Å². The highest BCUT2D eigenvalue weighted by molar-refractivity contribution is 5.66. The molecule has 0 saturated carbocycles. The minimum atomic E-state index is -0.403. The SMILES string of the molecule is COc1ccc(N2CCN(c3ccc(OC)cc3)C2/C=C\c2cc([N+](=O)[O-])ccc2OC)cc1. The van der Waals surface area contributed by atoms with Crippen molar-refractivity contribution >= 4 is 23.1 Å². The highest BCUT2D eigenvalue weighted by atomic mass is 16.6. The van der Waals surface area contributed by atoms with E-state index in [1.54, 1.807) is 27.4 Å². The molecule has 176 valence electrons. The van der Waals surface area contributed by atoms with Crippen LogP contribution in [0.15, 0.2) is 72.8 Å². The summed E-state index contributed by atoms with van der Waals surface area (Å²) in [6.07, 6.45) is 3.81. The van der Waals surface area contributed by atoms with Gasteiger partial charge in [0.25, 0.3) is 5.69 Å². The first-order valence-corrected chi connectivity index (χ1v) is 10.9. The minimum Gasteiger partial charge on any atom is -0.497 e. The molecule has 0 amide bonds. The number of ether oxygens (including phenoxy) is 3. The monoisotopic (exact) mass is 461 g/mol. The second kappa shape index (κ2) is 10.2. The molecule has 0 unspecified atom stereocenters. The van der Waals surface area contributed by atoms with E-state index in [1.807, 2.05) is 60.7 Å². The van der Waals surface area contributed by atoms with Gasteiger partial charge in [-0.15, -0.1) is 0 Å². The highest BCUT2D eigenvalue weighted by Gasteiger charge is 2.30. The fourth-order valence-electron chi connectivity index (χ4n) is 4.12. The van der Waals surface area contributed by atoms with E-state index in [4.69, 9.17) is 14.2 Å². The van der Waals surface area contributed by atoms with E-state index in [1.165, 1.54) is 12.1 Å². The Morgan fingerprint density at radius 2 is 1.35 bits per heavy atom. The van der Waals surface area contributed by atoms with Crippen LogP contribution in [0.2, 0.25) is 0 Å². The Balaban J connectivity index is 1.71. The Morgan fingerprint density at radius 1 is 0.824 bits per heavy atom. The van der Waals surface area contributed by atoms with Crippen molar-refractivity contribution in [3.05, 3.63) is 88.5 Å². The van der Waals surface area contributed by atoms with Crippen molar-refractivity contribution in [2.45, 2.75) is 6.17 Å². The molecule has 1 aliphatic rings. The van der Waals surface area contributed by atoms with Crippen LogP contribution in [-0.2, 0) is 0 Å². The van der Waals surface area contributed by atoms with Crippen molar-refractivity contribution in [1.29, 1.82) is 0 Å². The first-order chi connectivity index (χ1) is 16.5. The Hall–Kier alpha value is -4.20. The molecular formula is C26H27N3O5. The third-order valence-corrected chi connectivity index (χ3v) is 5.90. The van der Waals surface area contributed by atoms with Crippen LogP contribution in [0.3, 0.4) is 0 Å². The largest absolute Gasteiger partial charge is 0.497 e. The summed E-state index contributed by atoms with van der Waals surface area (Å²) < 4.78 is 16.1. The molecule has 0 aliphatic carbocycles. The van der Waals surface area contributed by atoms with E-state index in [9.17, 15) is 10.1 Å². The number of hydrogen-bond acceptors (Lipinski definition) is 7. The lowest BCUT2D eigenvalue weighted by Gasteiger charge is -2.31. The normalized spacial score (nSPS) is 14.0. The van der Waals surface area contributed by atoms with Gasteiger partial charge in [0, 0.05) is 42.2 Å². The van der Waals surface area contributed by atoms with Crippen LogP contribution in [-0.4, -0.2) is 45.5 Å². The molecule has 4 rings (SSSR count). The van der Waals surface area contributed by atoms with Crippen LogP contribution in [0.4, 0.5) is 17.1 Å². The summed E-state index contributed by atoms with van der Waals surface area (Å²) in [5, 5.41) is 11.3. The summed E-state index contributed by atoms with van der Waals surface area (Å²) in [6, 6.07) is 20.5. The van der Waals surface area contributed by atoms with E-state index in [0.29, 0.717) is 11.3 Å². The van der Waals surface area contributed by atoms with Gasteiger partial charge in [-0.3, -0.25) is 10.1 Å². The highest BCUT2D eigenvalue weighted by Crippen LogP contribution is 2.32. The smallest absolute Gasteiger partial charge is 0.270 e. The summed E-state index contributed by atoms with van der Waals surface area (Å²) in [5.41, 5.74) is 2.77. The molecule has 1 saturated heterocycles. The zero-order valence-electron chi connectivity index (χ0n) is 19.4. The Morgan fingerprint density at radius 3 is 1.79 bits per heavy atom. The lowest BCUT2D eigenvalue weighted by atomic mass is 10.1. The number of non-ortho nitro benzene ring substituents is 1. The van der Waals surface area contributed by atoms with Crippen LogP contribution >= 0.6 is 0 Å². The zero-order valence-corrected chi connectivity index (χ0v) is 19.4. The van der Waals surface area contributed by atoms with Gasteiger partial charge in [0.2, 0.25) is 0 Å². The molecule has 0 spiro atoms. The Bertz CT molecular complexity index is 1110. The maximum atomic E-state index is 11.3. The number of nitro benzene ring substituents is 1. The lowest BCUT2D eigenvalue weighted by Crippen LogP contribution is -2.37. The van der Waals surface area contributed by atoms with Crippen molar-refractivity contribution in [2.24, 2.45) is 0 Å². The second-order valence-corrected chi connectivity index (χ2v) is 7.74. The number of nitro groups is 1. The molecule has 3 aromatic carbocycles. The van der Waals surface area contributed by atoms with Gasteiger partial charge in [-0.05, 0) is 60.7 Å². The number of benzene rings is 3. The Kier molecular flexibility index (Phi) is 6.87. The standard InChI is InChI=1S/C26H27N3O5/c1-32-23-10-5-20(6-11-23)27-16-17-28(21-7-12-24(33-2)13-8-21)26(27)15-4-19-18-22(29(30)31)9-14-25(19)34-3/h4-15,18,26H,16-17H2,1-3H3/b15-4-. The molecule has 34 heavy (non-hydrogen) atoms. The van der Waals surface area contributed by atoms with E-state index in [2.05, 4.69) is 9.80 Å². The van der Waals surface area contributed by atoms with Gasteiger partial charge in [-0.25, -0.2) is 0 Å². The van der Waals surface area contributed by atoms with E-state index in [-0.39, 0.29) is 11.9 Å². The number of methoxy groups -OCH3 is 3. The van der Waals surface area contributed by atoms with Crippen LogP contribution in [0.25, 0.3) is 6.08 Å². The first kappa shape index (κ1) is 23.0. The average Bonchev–Trinajstić information content (AvgIpc) is 3.31. The van der Waals surface area contributed by atoms with Crippen LogP contribution in [0, 0.1) is 10.1 Å². The van der Waals surface area contributed by atoms with Crippen molar-refractivity contribution in [2.75, 3.05) is 44.2 Å². The number of hydrogen-bond donors (Lipinski definition) is 0. The predicted molar refractivity (Wildman–Crippen MR) is 133 cm³/mol. The molecular weight excluding hydrogens is 434 g/mol. The molecule has 0 bridgehead atoms. The molecule has 0 aromatic heterocycles. The van der Waals surface area contributed by atoms with E-state index >= 15 is 0 Å². The summed E-state index contributed by atoms with van der Waals surface area (Å²) >= 11 is 0. The van der Waals surface area contributed by atoms with Crippen molar-refractivity contribution < 1.29 is 19.1 Å². The Labute approximate surface area is 198 Å². The van der Waals surface area contributed by atoms with Gasteiger partial charge in [0.1, 0.15) is 23.4 Å². The topological polar surface area (TPSA) is 77.3 Å². The predicted octanol–water partition coefficient (Wildman–Crippen LogP) is 4.99. The molecule has 1 aliphatic heterocycles. The van der Waals surface area contributed by atoms with Crippen molar-refractivity contribution in [3.63, 3.8) is 0 Å². The van der Waals surface area contributed by atoms with Gasteiger partial charge < -0.3 is 24.0 Å². The second-order valence-electron chi connectivity index (χ2n) is 7.74. The number of rotatable bonds is 8. The lowest BCUT2D eigenvalue weighted by molar-refractivity contribution is -0.384. The zero-order chi connectivity index (χ0) is 24.1. The molecule has 1 fully saturated rings. The summed E-state index contributed by atoms with van der Waals surface area (Å²) in [4.78, 5) is 15.5. The van der Waals surface area contributed by atoms with Crippen molar-refractivity contribution in [1.82, 2.24) is 0 Å². The molecule has 0 N–H and O–H groups in total. The quantitative estimate of drug-likeness (QED) is 0.346. The van der Waals surface area contributed by atoms with Crippen LogP contribution in [0.1, 0.15) is 5.56 Å². The molecule has 1 heterocycles. The third kappa shape index (κ3) is 4.76.